The molecule has 1 amide bonds. The highest BCUT2D eigenvalue weighted by Gasteiger charge is 2.22. The van der Waals surface area contributed by atoms with Crippen molar-refractivity contribution in [1.29, 1.82) is 0 Å². The zero-order chi connectivity index (χ0) is 11.2. The summed E-state index contributed by atoms with van der Waals surface area (Å²) in [5, 5.41) is 6.38. The fourth-order valence-electron chi connectivity index (χ4n) is 2.42. The van der Waals surface area contributed by atoms with E-state index < -0.39 is 0 Å². The molecule has 4 nitrogen and oxygen atoms in total. The van der Waals surface area contributed by atoms with Gasteiger partial charge in [-0.2, -0.15) is 0 Å². The molecule has 0 unspecified atom stereocenters. The van der Waals surface area contributed by atoms with Crippen LogP contribution < -0.4 is 10.6 Å². The highest BCUT2D eigenvalue weighted by molar-refractivity contribution is 5.85. The molecule has 2 aliphatic rings. The number of amides is 1. The first kappa shape index (κ1) is 14.7. The van der Waals surface area contributed by atoms with E-state index in [0.717, 1.165) is 58.5 Å². The fraction of sp³-hybridized carbons (Fsp3) is 0.917. The van der Waals surface area contributed by atoms with Gasteiger partial charge in [0.15, 0.2) is 0 Å². The van der Waals surface area contributed by atoms with Gasteiger partial charge in [0.2, 0.25) is 5.91 Å². The van der Waals surface area contributed by atoms with E-state index in [0.29, 0.717) is 5.92 Å². The van der Waals surface area contributed by atoms with Crippen molar-refractivity contribution >= 4 is 18.3 Å². The fourth-order valence-corrected chi connectivity index (χ4v) is 2.42. The van der Waals surface area contributed by atoms with Crippen molar-refractivity contribution in [1.82, 2.24) is 10.6 Å². The molecule has 0 aromatic rings. The first-order chi connectivity index (χ1) is 7.86. The number of hydrogen-bond donors (Lipinski definition) is 2. The molecule has 17 heavy (non-hydrogen) atoms. The molecule has 5 heteroatoms. The molecule has 2 heterocycles. The summed E-state index contributed by atoms with van der Waals surface area (Å²) in [6.07, 6.45) is 4.15. The van der Waals surface area contributed by atoms with E-state index in [1.807, 2.05) is 0 Å². The van der Waals surface area contributed by atoms with Gasteiger partial charge in [-0.15, -0.1) is 12.4 Å². The van der Waals surface area contributed by atoms with Crippen LogP contribution in [0.4, 0.5) is 0 Å². The van der Waals surface area contributed by atoms with Crippen LogP contribution in [0.15, 0.2) is 0 Å². The molecular weight excluding hydrogens is 240 g/mol. The van der Waals surface area contributed by atoms with Crippen molar-refractivity contribution in [2.45, 2.75) is 25.7 Å². The van der Waals surface area contributed by atoms with E-state index in [9.17, 15) is 4.79 Å². The topological polar surface area (TPSA) is 50.4 Å². The number of piperidine rings is 1. The lowest BCUT2D eigenvalue weighted by Gasteiger charge is -2.25. The number of carbonyl (C=O) groups excluding carboxylic acids is 1. The van der Waals surface area contributed by atoms with E-state index in [-0.39, 0.29) is 24.2 Å². The number of rotatable bonds is 3. The molecule has 2 N–H and O–H groups in total. The van der Waals surface area contributed by atoms with E-state index in [1.165, 1.54) is 0 Å². The predicted octanol–water partition coefficient (Wildman–Crippen LogP) is 0.951. The standard InChI is InChI=1S/C12H22N2O2.ClH/c15-12(11-1-5-13-6-2-11)14-9-10-3-7-16-8-4-10;/h10-11,13H,1-9H2,(H,14,15);1H. The Labute approximate surface area is 109 Å². The Morgan fingerprint density at radius 3 is 2.47 bits per heavy atom. The van der Waals surface area contributed by atoms with Crippen LogP contribution in [0.5, 0.6) is 0 Å². The summed E-state index contributed by atoms with van der Waals surface area (Å²) < 4.78 is 5.30. The molecular formula is C12H23ClN2O2. The molecule has 0 aromatic carbocycles. The smallest absolute Gasteiger partial charge is 0.223 e. The molecule has 0 atom stereocenters. The van der Waals surface area contributed by atoms with Crippen molar-refractivity contribution < 1.29 is 9.53 Å². The van der Waals surface area contributed by atoms with Crippen LogP contribution in [-0.4, -0.2) is 38.8 Å². The molecule has 0 aromatic heterocycles. The second kappa shape index (κ2) is 7.90. The molecule has 2 fully saturated rings. The molecule has 0 spiro atoms. The Morgan fingerprint density at radius 2 is 1.82 bits per heavy atom. The van der Waals surface area contributed by atoms with Gasteiger partial charge in [-0.1, -0.05) is 0 Å². The number of nitrogens with one attached hydrogen (secondary N) is 2. The zero-order valence-electron chi connectivity index (χ0n) is 10.2. The second-order valence-electron chi connectivity index (χ2n) is 4.83. The summed E-state index contributed by atoms with van der Waals surface area (Å²) in [4.78, 5) is 11.9. The lowest BCUT2D eigenvalue weighted by Crippen LogP contribution is -2.40. The minimum atomic E-state index is 0. The van der Waals surface area contributed by atoms with Crippen LogP contribution in [-0.2, 0) is 9.53 Å². The summed E-state index contributed by atoms with van der Waals surface area (Å²) in [5.41, 5.74) is 0. The van der Waals surface area contributed by atoms with Gasteiger partial charge in [0.25, 0.3) is 0 Å². The average Bonchev–Trinajstić information content (AvgIpc) is 2.38. The summed E-state index contributed by atoms with van der Waals surface area (Å²) in [6, 6.07) is 0. The van der Waals surface area contributed by atoms with Crippen molar-refractivity contribution in [2.75, 3.05) is 32.8 Å². The summed E-state index contributed by atoms with van der Waals surface area (Å²) >= 11 is 0. The molecule has 0 aliphatic carbocycles. The number of ether oxygens (including phenoxy) is 1. The van der Waals surface area contributed by atoms with Gasteiger partial charge < -0.3 is 15.4 Å². The Bertz CT molecular complexity index is 227. The predicted molar refractivity (Wildman–Crippen MR) is 69.4 cm³/mol. The maximum absolute atomic E-state index is 11.9. The Balaban J connectivity index is 0.00000144. The van der Waals surface area contributed by atoms with Crippen molar-refractivity contribution in [3.8, 4) is 0 Å². The maximum atomic E-state index is 11.9. The van der Waals surface area contributed by atoms with E-state index in [4.69, 9.17) is 4.74 Å². The monoisotopic (exact) mass is 262 g/mol. The Kier molecular flexibility index (Phi) is 6.85. The van der Waals surface area contributed by atoms with Gasteiger partial charge >= 0.3 is 0 Å². The molecule has 2 aliphatic heterocycles. The van der Waals surface area contributed by atoms with E-state index in [2.05, 4.69) is 10.6 Å². The third kappa shape index (κ3) is 4.82. The van der Waals surface area contributed by atoms with Crippen LogP contribution in [0, 0.1) is 11.8 Å². The molecule has 2 saturated heterocycles. The first-order valence-corrected chi connectivity index (χ1v) is 6.42. The van der Waals surface area contributed by atoms with Crippen LogP contribution in [0.25, 0.3) is 0 Å². The Morgan fingerprint density at radius 1 is 1.18 bits per heavy atom. The molecule has 0 bridgehead atoms. The normalized spacial score (nSPS) is 22.8. The van der Waals surface area contributed by atoms with Gasteiger partial charge in [-0.05, 0) is 44.7 Å². The summed E-state index contributed by atoms with van der Waals surface area (Å²) in [6.45, 7) is 4.51. The molecule has 0 radical (unpaired) electrons. The summed E-state index contributed by atoms with van der Waals surface area (Å²) in [5.74, 6) is 1.12. The van der Waals surface area contributed by atoms with E-state index in [1.54, 1.807) is 0 Å². The average molecular weight is 263 g/mol. The van der Waals surface area contributed by atoms with E-state index >= 15 is 0 Å². The minimum Gasteiger partial charge on any atom is -0.381 e. The minimum absolute atomic E-state index is 0. The van der Waals surface area contributed by atoms with Crippen molar-refractivity contribution in [2.24, 2.45) is 11.8 Å². The quantitative estimate of drug-likeness (QED) is 0.796. The maximum Gasteiger partial charge on any atom is 0.223 e. The van der Waals surface area contributed by atoms with Gasteiger partial charge in [0.05, 0.1) is 0 Å². The highest BCUT2D eigenvalue weighted by atomic mass is 35.5. The van der Waals surface area contributed by atoms with Gasteiger partial charge in [0, 0.05) is 25.7 Å². The van der Waals surface area contributed by atoms with Crippen molar-refractivity contribution in [3.05, 3.63) is 0 Å². The zero-order valence-corrected chi connectivity index (χ0v) is 11.1. The van der Waals surface area contributed by atoms with Crippen LogP contribution in [0.1, 0.15) is 25.7 Å². The van der Waals surface area contributed by atoms with Gasteiger partial charge in [0.1, 0.15) is 0 Å². The van der Waals surface area contributed by atoms with Crippen LogP contribution in [0.3, 0.4) is 0 Å². The highest BCUT2D eigenvalue weighted by Crippen LogP contribution is 2.15. The molecule has 2 rings (SSSR count). The van der Waals surface area contributed by atoms with Crippen LogP contribution in [0.2, 0.25) is 0 Å². The number of halogens is 1. The first-order valence-electron chi connectivity index (χ1n) is 6.42. The van der Waals surface area contributed by atoms with Crippen molar-refractivity contribution in [3.63, 3.8) is 0 Å². The van der Waals surface area contributed by atoms with Gasteiger partial charge in [-0.25, -0.2) is 0 Å². The van der Waals surface area contributed by atoms with Crippen LogP contribution >= 0.6 is 12.4 Å². The lowest BCUT2D eigenvalue weighted by atomic mass is 9.96. The summed E-state index contributed by atoms with van der Waals surface area (Å²) in [7, 11) is 0. The molecule has 0 saturated carbocycles. The van der Waals surface area contributed by atoms with Gasteiger partial charge in [-0.3, -0.25) is 4.79 Å². The number of hydrogen-bond acceptors (Lipinski definition) is 3. The lowest BCUT2D eigenvalue weighted by molar-refractivity contribution is -0.126. The molecule has 100 valence electrons. The largest absolute Gasteiger partial charge is 0.381 e. The second-order valence-corrected chi connectivity index (χ2v) is 4.83. The Hall–Kier alpha value is -0.320. The third-order valence-electron chi connectivity index (χ3n) is 3.62. The third-order valence-corrected chi connectivity index (χ3v) is 3.62. The SMILES string of the molecule is Cl.O=C(NCC1CCOCC1)C1CCNCC1. The number of carbonyl (C=O) groups is 1.